The van der Waals surface area contributed by atoms with Crippen molar-refractivity contribution < 1.29 is 28.8 Å². The molecule has 0 saturated heterocycles. The molecule has 116 valence electrons. The van der Waals surface area contributed by atoms with Crippen LogP contribution in [-0.4, -0.2) is 42.7 Å². The van der Waals surface area contributed by atoms with E-state index in [4.69, 9.17) is 14.9 Å². The third-order valence-corrected chi connectivity index (χ3v) is 5.36. The van der Waals surface area contributed by atoms with Gasteiger partial charge in [0.2, 0.25) is 0 Å². The molecule has 0 fully saturated rings. The van der Waals surface area contributed by atoms with Crippen molar-refractivity contribution in [2.45, 2.75) is 6.04 Å². The molecule has 22 heavy (non-hydrogen) atoms. The molecule has 0 unspecified atom stereocenters. The van der Waals surface area contributed by atoms with Crippen LogP contribution in [0.3, 0.4) is 0 Å². The Balaban J connectivity index is 1.92. The van der Waals surface area contributed by atoms with E-state index in [1.807, 2.05) is 0 Å². The molecule has 11 heteroatoms. The zero-order valence-corrected chi connectivity index (χ0v) is 13.3. The van der Waals surface area contributed by atoms with Crippen LogP contribution < -0.4 is 4.52 Å². The number of fused-ring (bicyclic) bond motifs is 1. The number of carboxylic acids is 1. The Morgan fingerprint density at radius 2 is 2.18 bits per heavy atom. The normalized spacial score (nSPS) is 18.5. The van der Waals surface area contributed by atoms with Crippen LogP contribution in [0.5, 0.6) is 5.75 Å². The molecule has 2 aromatic rings. The Morgan fingerprint density at radius 3 is 2.82 bits per heavy atom. The summed E-state index contributed by atoms with van der Waals surface area (Å²) in [6.45, 7) is 0. The molecule has 1 atom stereocenters. The first-order valence-electron chi connectivity index (χ1n) is 5.91. The van der Waals surface area contributed by atoms with Crippen LogP contribution in [0.1, 0.15) is 5.01 Å². The molecule has 0 spiro atoms. The summed E-state index contributed by atoms with van der Waals surface area (Å²) >= 11 is 2.58. The largest absolute Gasteiger partial charge is 0.524 e. The minimum atomic E-state index is -4.61. The Bertz CT molecular complexity index is 829. The summed E-state index contributed by atoms with van der Waals surface area (Å²) in [6.07, 6.45) is 0. The van der Waals surface area contributed by atoms with Gasteiger partial charge in [0, 0.05) is 11.8 Å². The number of thioether (sulfide) groups is 1. The zero-order chi connectivity index (χ0) is 15.9. The molecule has 0 radical (unpaired) electrons. The van der Waals surface area contributed by atoms with Gasteiger partial charge in [-0.3, -0.25) is 14.8 Å². The fraction of sp³-hybridized carbons (Fsp3) is 0.182. The second-order valence-electron chi connectivity index (χ2n) is 4.33. The topological polar surface area (TPSA) is 129 Å². The van der Waals surface area contributed by atoms with Gasteiger partial charge in [-0.05, 0) is 12.1 Å². The van der Waals surface area contributed by atoms with Crippen LogP contribution in [-0.2, 0) is 9.36 Å². The average Bonchev–Trinajstić information content (AvgIpc) is 3.02. The van der Waals surface area contributed by atoms with Crippen molar-refractivity contribution in [3.8, 4) is 5.75 Å². The van der Waals surface area contributed by atoms with Crippen molar-refractivity contribution in [2.75, 3.05) is 5.75 Å². The van der Waals surface area contributed by atoms with Gasteiger partial charge >= 0.3 is 13.8 Å². The van der Waals surface area contributed by atoms with E-state index in [9.17, 15) is 9.36 Å². The van der Waals surface area contributed by atoms with Crippen LogP contribution in [0, 0.1) is 0 Å². The lowest BCUT2D eigenvalue weighted by molar-refractivity contribution is -0.137. The maximum atomic E-state index is 10.9. The van der Waals surface area contributed by atoms with Crippen molar-refractivity contribution in [1.82, 2.24) is 4.98 Å². The molecule has 8 nitrogen and oxygen atoms in total. The van der Waals surface area contributed by atoms with E-state index >= 15 is 0 Å². The molecular weight excluding hydrogens is 351 g/mol. The van der Waals surface area contributed by atoms with Crippen molar-refractivity contribution >= 4 is 52.2 Å². The van der Waals surface area contributed by atoms with Gasteiger partial charge in [-0.15, -0.1) is 23.1 Å². The molecule has 2 heterocycles. The van der Waals surface area contributed by atoms with Crippen molar-refractivity contribution in [2.24, 2.45) is 4.99 Å². The number of benzene rings is 1. The van der Waals surface area contributed by atoms with Gasteiger partial charge in [0.25, 0.3) is 0 Å². The SMILES string of the molecule is O=C(O)[C@H]1CSC(c2nc3ccc(OP(=O)(O)O)cc3s2)=N1. The highest BCUT2D eigenvalue weighted by Gasteiger charge is 2.27. The lowest BCUT2D eigenvalue weighted by atomic mass is 10.3. The number of phosphoric acid groups is 1. The molecule has 1 aliphatic rings. The Hall–Kier alpha value is -1.45. The Labute approximate surface area is 132 Å². The minimum Gasteiger partial charge on any atom is -0.480 e. The number of aliphatic carboxylic acids is 1. The monoisotopic (exact) mass is 360 g/mol. The maximum Gasteiger partial charge on any atom is 0.524 e. The minimum absolute atomic E-state index is 0.0421. The van der Waals surface area contributed by atoms with Gasteiger partial charge in [0.15, 0.2) is 6.04 Å². The number of phosphoric ester groups is 1. The first kappa shape index (κ1) is 15.4. The van der Waals surface area contributed by atoms with Crippen molar-refractivity contribution in [3.63, 3.8) is 0 Å². The number of thiazole rings is 1. The third-order valence-electron chi connectivity index (χ3n) is 2.70. The van der Waals surface area contributed by atoms with Gasteiger partial charge in [-0.25, -0.2) is 14.3 Å². The molecule has 1 aromatic carbocycles. The number of aromatic nitrogens is 1. The first-order chi connectivity index (χ1) is 10.3. The Kier molecular flexibility index (Phi) is 3.96. The number of hydrogen-bond acceptors (Lipinski definition) is 7. The van der Waals surface area contributed by atoms with Crippen LogP contribution >= 0.6 is 30.9 Å². The van der Waals surface area contributed by atoms with E-state index in [1.54, 1.807) is 6.07 Å². The number of carboxylic acid groups (broad SMARTS) is 1. The molecule has 3 rings (SSSR count). The lowest BCUT2D eigenvalue weighted by Crippen LogP contribution is -2.17. The molecular formula is C11H9N2O6PS2. The zero-order valence-electron chi connectivity index (χ0n) is 10.7. The van der Waals surface area contributed by atoms with Crippen molar-refractivity contribution in [1.29, 1.82) is 0 Å². The van der Waals surface area contributed by atoms with Crippen LogP contribution in [0.4, 0.5) is 0 Å². The van der Waals surface area contributed by atoms with E-state index in [2.05, 4.69) is 14.5 Å². The smallest absolute Gasteiger partial charge is 0.480 e. The molecule has 3 N–H and O–H groups in total. The van der Waals surface area contributed by atoms with Gasteiger partial charge in [-0.2, -0.15) is 0 Å². The molecule has 0 aliphatic carbocycles. The third kappa shape index (κ3) is 3.31. The van der Waals surface area contributed by atoms with E-state index < -0.39 is 19.8 Å². The Morgan fingerprint density at radius 1 is 1.41 bits per heavy atom. The summed E-state index contributed by atoms with van der Waals surface area (Å²) in [5.74, 6) is -0.561. The number of rotatable bonds is 4. The van der Waals surface area contributed by atoms with Gasteiger partial charge < -0.3 is 9.63 Å². The molecule has 0 bridgehead atoms. The molecule has 0 amide bonds. The van der Waals surface area contributed by atoms with Gasteiger partial charge in [-0.1, -0.05) is 0 Å². The number of aliphatic imine (C=N–C) groups is 1. The summed E-state index contributed by atoms with van der Waals surface area (Å²) in [5, 5.41) is 10.1. The summed E-state index contributed by atoms with van der Waals surface area (Å²) in [5.41, 5.74) is 0.625. The molecule has 1 aromatic heterocycles. The van der Waals surface area contributed by atoms with E-state index in [-0.39, 0.29) is 5.75 Å². The molecule has 1 aliphatic heterocycles. The first-order valence-corrected chi connectivity index (χ1v) is 9.24. The predicted molar refractivity (Wildman–Crippen MR) is 82.7 cm³/mol. The van der Waals surface area contributed by atoms with Crippen LogP contribution in [0.25, 0.3) is 10.2 Å². The number of hydrogen-bond donors (Lipinski definition) is 3. The van der Waals surface area contributed by atoms with Crippen LogP contribution in [0.15, 0.2) is 23.2 Å². The van der Waals surface area contributed by atoms with Crippen molar-refractivity contribution in [3.05, 3.63) is 23.2 Å². The summed E-state index contributed by atoms with van der Waals surface area (Å²) in [7, 11) is -4.61. The lowest BCUT2D eigenvalue weighted by Gasteiger charge is -2.05. The van der Waals surface area contributed by atoms with Gasteiger partial charge in [0.05, 0.1) is 10.2 Å². The number of carbonyl (C=O) groups is 1. The van der Waals surface area contributed by atoms with E-state index in [0.717, 1.165) is 0 Å². The maximum absolute atomic E-state index is 10.9. The average molecular weight is 360 g/mol. The van der Waals surface area contributed by atoms with E-state index in [0.29, 0.717) is 26.0 Å². The highest BCUT2D eigenvalue weighted by atomic mass is 32.2. The summed E-state index contributed by atoms with van der Waals surface area (Å²) in [4.78, 5) is 37.0. The van der Waals surface area contributed by atoms with E-state index in [1.165, 1.54) is 35.2 Å². The highest BCUT2D eigenvalue weighted by Crippen LogP contribution is 2.39. The number of nitrogens with zero attached hydrogens (tertiary/aromatic N) is 2. The van der Waals surface area contributed by atoms with Gasteiger partial charge in [0.1, 0.15) is 15.8 Å². The standard InChI is InChI=1S/C11H9N2O6PS2/c14-11(15)7-4-21-9(13-7)10-12-6-2-1-5(3-8(6)22-10)19-20(16,17)18/h1-3,7H,4H2,(H,14,15)(H2,16,17,18)/t7-/m1/s1. The van der Waals surface area contributed by atoms with Crippen LogP contribution in [0.2, 0.25) is 0 Å². The highest BCUT2D eigenvalue weighted by molar-refractivity contribution is 8.15. The fourth-order valence-corrected chi connectivity index (χ4v) is 4.29. The summed E-state index contributed by atoms with van der Waals surface area (Å²) < 4.78 is 16.0. The second kappa shape index (κ2) is 5.64. The second-order valence-corrected chi connectivity index (χ2v) is 7.53. The predicted octanol–water partition coefficient (Wildman–Crippen LogP) is 1.71. The quantitative estimate of drug-likeness (QED) is 0.703. The fourth-order valence-electron chi connectivity index (χ4n) is 1.81. The summed E-state index contributed by atoms with van der Waals surface area (Å²) in [6, 6.07) is 3.70. The molecule has 0 saturated carbocycles.